The number of hydrogen-bond donors (Lipinski definition) is 1. The van der Waals surface area contributed by atoms with E-state index in [0.29, 0.717) is 38.1 Å². The summed E-state index contributed by atoms with van der Waals surface area (Å²) < 4.78 is 5.44. The summed E-state index contributed by atoms with van der Waals surface area (Å²) in [5, 5.41) is 9.34. The zero-order valence-electron chi connectivity index (χ0n) is 12.2. The molecule has 0 saturated carbocycles. The third-order valence-electron chi connectivity index (χ3n) is 4.31. The van der Waals surface area contributed by atoms with Crippen LogP contribution in [0.15, 0.2) is 30.3 Å². The zero-order valence-corrected chi connectivity index (χ0v) is 12.2. The van der Waals surface area contributed by atoms with E-state index in [9.17, 15) is 14.7 Å². The van der Waals surface area contributed by atoms with Crippen molar-refractivity contribution in [1.82, 2.24) is 4.90 Å². The fourth-order valence-corrected chi connectivity index (χ4v) is 2.66. The highest BCUT2D eigenvalue weighted by atomic mass is 16.5. The lowest BCUT2D eigenvalue weighted by Crippen LogP contribution is -2.47. The summed E-state index contributed by atoms with van der Waals surface area (Å²) in [6, 6.07) is 9.19. The molecule has 1 aliphatic rings. The first-order valence-electron chi connectivity index (χ1n) is 7.26. The lowest BCUT2D eigenvalue weighted by molar-refractivity contribution is -0.155. The lowest BCUT2D eigenvalue weighted by Gasteiger charge is -2.38. The van der Waals surface area contributed by atoms with Crippen LogP contribution >= 0.6 is 0 Å². The first-order valence-corrected chi connectivity index (χ1v) is 7.26. The van der Waals surface area contributed by atoms with Crippen LogP contribution in [0, 0.1) is 5.41 Å². The van der Waals surface area contributed by atoms with Gasteiger partial charge in [-0.15, -0.1) is 0 Å². The van der Waals surface area contributed by atoms with Gasteiger partial charge in [-0.25, -0.2) is 0 Å². The number of amides is 1. The molecule has 1 aromatic carbocycles. The number of para-hydroxylation sites is 1. The van der Waals surface area contributed by atoms with E-state index in [-0.39, 0.29) is 12.5 Å². The van der Waals surface area contributed by atoms with Gasteiger partial charge in [0.25, 0.3) is 5.91 Å². The van der Waals surface area contributed by atoms with Crippen LogP contribution in [-0.2, 0) is 9.59 Å². The number of rotatable bonds is 5. The molecule has 5 heteroatoms. The summed E-state index contributed by atoms with van der Waals surface area (Å²) in [6.07, 6.45) is 1.62. The average Bonchev–Trinajstić information content (AvgIpc) is 2.53. The van der Waals surface area contributed by atoms with Gasteiger partial charge in [-0.3, -0.25) is 9.59 Å². The molecule has 1 aliphatic heterocycles. The molecule has 0 unspecified atom stereocenters. The Morgan fingerprint density at radius 1 is 1.24 bits per heavy atom. The van der Waals surface area contributed by atoms with Crippen molar-refractivity contribution in [2.24, 2.45) is 5.41 Å². The minimum atomic E-state index is -0.752. The minimum Gasteiger partial charge on any atom is -0.484 e. The Bertz CT molecular complexity index is 492. The number of piperidine rings is 1. The maximum Gasteiger partial charge on any atom is 0.309 e. The molecule has 114 valence electrons. The van der Waals surface area contributed by atoms with Crippen LogP contribution < -0.4 is 4.74 Å². The molecule has 21 heavy (non-hydrogen) atoms. The molecule has 1 amide bonds. The number of nitrogens with zero attached hydrogens (tertiary/aromatic N) is 1. The number of carboxylic acid groups (broad SMARTS) is 1. The topological polar surface area (TPSA) is 66.8 Å². The molecule has 0 atom stereocenters. The molecule has 1 heterocycles. The van der Waals surface area contributed by atoms with Crippen LogP contribution in [0.3, 0.4) is 0 Å². The molecule has 0 radical (unpaired) electrons. The predicted octanol–water partition coefficient (Wildman–Crippen LogP) is 2.17. The fraction of sp³-hybridized carbons (Fsp3) is 0.500. The Kier molecular flexibility index (Phi) is 4.83. The predicted molar refractivity (Wildman–Crippen MR) is 78.1 cm³/mol. The number of carbonyl (C=O) groups excluding carboxylic acids is 1. The summed E-state index contributed by atoms with van der Waals surface area (Å²) in [7, 11) is 0. The van der Waals surface area contributed by atoms with Crippen molar-refractivity contribution >= 4 is 11.9 Å². The van der Waals surface area contributed by atoms with E-state index in [1.807, 2.05) is 25.1 Å². The SMILES string of the molecule is CCC1(C(=O)O)CCN(C(=O)COc2ccccc2)CC1. The van der Waals surface area contributed by atoms with E-state index < -0.39 is 11.4 Å². The molecule has 1 fully saturated rings. The van der Waals surface area contributed by atoms with E-state index in [4.69, 9.17) is 4.74 Å². The van der Waals surface area contributed by atoms with E-state index in [2.05, 4.69) is 0 Å². The van der Waals surface area contributed by atoms with Gasteiger partial charge in [0.1, 0.15) is 5.75 Å². The Morgan fingerprint density at radius 2 is 1.86 bits per heavy atom. The zero-order chi connectivity index (χ0) is 15.3. The van der Waals surface area contributed by atoms with Crippen molar-refractivity contribution in [2.75, 3.05) is 19.7 Å². The molecule has 2 rings (SSSR count). The van der Waals surface area contributed by atoms with Gasteiger partial charge in [0.2, 0.25) is 0 Å². The third kappa shape index (κ3) is 3.54. The Morgan fingerprint density at radius 3 is 2.38 bits per heavy atom. The van der Waals surface area contributed by atoms with Crippen LogP contribution in [0.25, 0.3) is 0 Å². The van der Waals surface area contributed by atoms with Crippen molar-refractivity contribution in [3.8, 4) is 5.75 Å². The summed E-state index contributed by atoms with van der Waals surface area (Å²) in [6.45, 7) is 2.86. The lowest BCUT2D eigenvalue weighted by atomic mass is 9.76. The van der Waals surface area contributed by atoms with E-state index in [1.54, 1.807) is 17.0 Å². The Balaban J connectivity index is 1.84. The Hall–Kier alpha value is -2.04. The second kappa shape index (κ2) is 6.61. The van der Waals surface area contributed by atoms with E-state index in [0.717, 1.165) is 0 Å². The summed E-state index contributed by atoms with van der Waals surface area (Å²) >= 11 is 0. The molecule has 0 aromatic heterocycles. The number of carbonyl (C=O) groups is 2. The van der Waals surface area contributed by atoms with Crippen molar-refractivity contribution in [3.63, 3.8) is 0 Å². The molecule has 5 nitrogen and oxygen atoms in total. The highest BCUT2D eigenvalue weighted by Gasteiger charge is 2.40. The van der Waals surface area contributed by atoms with Gasteiger partial charge < -0.3 is 14.7 Å². The summed E-state index contributed by atoms with van der Waals surface area (Å²) in [5.74, 6) is -0.178. The second-order valence-corrected chi connectivity index (χ2v) is 5.42. The normalized spacial score (nSPS) is 17.3. The molecular weight excluding hydrogens is 270 g/mol. The van der Waals surface area contributed by atoms with Crippen molar-refractivity contribution in [1.29, 1.82) is 0 Å². The number of likely N-dealkylation sites (tertiary alicyclic amines) is 1. The van der Waals surface area contributed by atoms with Crippen LogP contribution in [0.1, 0.15) is 26.2 Å². The van der Waals surface area contributed by atoms with Gasteiger partial charge in [0.05, 0.1) is 5.41 Å². The van der Waals surface area contributed by atoms with Crippen molar-refractivity contribution in [3.05, 3.63) is 30.3 Å². The fourth-order valence-electron chi connectivity index (χ4n) is 2.66. The largest absolute Gasteiger partial charge is 0.484 e. The third-order valence-corrected chi connectivity index (χ3v) is 4.31. The average molecular weight is 291 g/mol. The first kappa shape index (κ1) is 15.4. The number of ether oxygens (including phenoxy) is 1. The van der Waals surface area contributed by atoms with Crippen LogP contribution in [0.4, 0.5) is 0 Å². The van der Waals surface area contributed by atoms with Crippen molar-refractivity contribution < 1.29 is 19.4 Å². The monoisotopic (exact) mass is 291 g/mol. The van der Waals surface area contributed by atoms with Gasteiger partial charge in [0, 0.05) is 13.1 Å². The maximum absolute atomic E-state index is 12.1. The van der Waals surface area contributed by atoms with Gasteiger partial charge >= 0.3 is 5.97 Å². The molecule has 0 aliphatic carbocycles. The quantitative estimate of drug-likeness (QED) is 0.903. The Labute approximate surface area is 124 Å². The van der Waals surface area contributed by atoms with Crippen LogP contribution in [-0.4, -0.2) is 41.6 Å². The van der Waals surface area contributed by atoms with Gasteiger partial charge in [-0.1, -0.05) is 25.1 Å². The van der Waals surface area contributed by atoms with Gasteiger partial charge in [-0.2, -0.15) is 0 Å². The van der Waals surface area contributed by atoms with Crippen LogP contribution in [0.5, 0.6) is 5.75 Å². The maximum atomic E-state index is 12.1. The first-order chi connectivity index (χ1) is 10.1. The second-order valence-electron chi connectivity index (χ2n) is 5.42. The van der Waals surface area contributed by atoms with E-state index >= 15 is 0 Å². The minimum absolute atomic E-state index is 0.00376. The molecule has 1 aromatic rings. The van der Waals surface area contributed by atoms with Crippen LogP contribution in [0.2, 0.25) is 0 Å². The van der Waals surface area contributed by atoms with Crippen molar-refractivity contribution in [2.45, 2.75) is 26.2 Å². The highest BCUT2D eigenvalue weighted by Crippen LogP contribution is 2.35. The number of carboxylic acids is 1. The van der Waals surface area contributed by atoms with E-state index in [1.165, 1.54) is 0 Å². The molecule has 0 spiro atoms. The highest BCUT2D eigenvalue weighted by molar-refractivity contribution is 5.79. The number of aliphatic carboxylic acids is 1. The molecule has 1 saturated heterocycles. The number of hydrogen-bond acceptors (Lipinski definition) is 3. The molecule has 0 bridgehead atoms. The molecular formula is C16H21NO4. The number of benzene rings is 1. The molecule has 1 N–H and O–H groups in total. The van der Waals surface area contributed by atoms with Gasteiger partial charge in [0.15, 0.2) is 6.61 Å². The van der Waals surface area contributed by atoms with Gasteiger partial charge in [-0.05, 0) is 31.4 Å². The smallest absolute Gasteiger partial charge is 0.309 e. The summed E-state index contributed by atoms with van der Waals surface area (Å²) in [4.78, 5) is 25.2. The summed E-state index contributed by atoms with van der Waals surface area (Å²) in [5.41, 5.74) is -0.670. The standard InChI is InChI=1S/C16H21NO4/c1-2-16(15(19)20)8-10-17(11-9-16)14(18)12-21-13-6-4-3-5-7-13/h3-7H,2,8-12H2,1H3,(H,19,20).